The number of benzene rings is 7. The van der Waals surface area contributed by atoms with Crippen LogP contribution in [-0.4, -0.2) is 83.5 Å². The highest BCUT2D eigenvalue weighted by molar-refractivity contribution is 6.10. The summed E-state index contributed by atoms with van der Waals surface area (Å²) in [6.07, 6.45) is 13.3. The molecule has 5 aliphatic rings. The van der Waals surface area contributed by atoms with Crippen molar-refractivity contribution >= 4 is 84.6 Å². The summed E-state index contributed by atoms with van der Waals surface area (Å²) < 4.78 is 8.14. The van der Waals surface area contributed by atoms with Crippen LogP contribution in [0.15, 0.2) is 207 Å². The number of anilines is 3. The molecular weight excluding hydrogens is 1190 g/mol. The molecule has 7 aromatic carbocycles. The summed E-state index contributed by atoms with van der Waals surface area (Å²) in [6.45, 7) is 22.7. The van der Waals surface area contributed by atoms with Crippen LogP contribution >= 0.6 is 0 Å². The molecule has 0 bridgehead atoms. The number of carbonyl (C=O) groups is 2. The van der Waals surface area contributed by atoms with Gasteiger partial charge >= 0.3 is 5.97 Å². The largest absolute Gasteiger partial charge is 1.00 e. The Labute approximate surface area is 529 Å². The van der Waals surface area contributed by atoms with Gasteiger partial charge in [-0.25, -0.2) is 0 Å². The van der Waals surface area contributed by atoms with Crippen molar-refractivity contribution in [2.45, 2.75) is 110 Å². The highest BCUT2D eigenvalue weighted by Gasteiger charge is 2.44. The van der Waals surface area contributed by atoms with Crippen LogP contribution in [0.25, 0.3) is 21.5 Å². The van der Waals surface area contributed by atoms with E-state index in [9.17, 15) is 9.59 Å². The maximum absolute atomic E-state index is 13.8. The number of halogens is 1. The van der Waals surface area contributed by atoms with Gasteiger partial charge in [-0.1, -0.05) is 111 Å². The number of hydrogen-bond acceptors (Lipinski definition) is 11. The Hall–Kier alpha value is -8.24. The van der Waals surface area contributed by atoms with Crippen LogP contribution in [0.3, 0.4) is 0 Å². The number of para-hydroxylation sites is 2. The molecule has 0 spiro atoms. The van der Waals surface area contributed by atoms with Gasteiger partial charge in [0.1, 0.15) is 12.2 Å². The molecule has 1 fully saturated rings. The average Bonchev–Trinajstić information content (AvgIpc) is 1.85. The summed E-state index contributed by atoms with van der Waals surface area (Å²) in [5, 5.41) is 29.9. The minimum atomic E-state index is -0.367. The molecule has 4 heterocycles. The van der Waals surface area contributed by atoms with Crippen molar-refractivity contribution < 1.29 is 42.9 Å². The van der Waals surface area contributed by atoms with E-state index < -0.39 is 0 Å². The van der Waals surface area contributed by atoms with E-state index in [1.54, 1.807) is 0 Å². The molecule has 7 aromatic rings. The predicted molar refractivity (Wildman–Crippen MR) is 350 cm³/mol. The number of ether oxygens (including phenoxy) is 1. The van der Waals surface area contributed by atoms with Crippen LogP contribution in [0.2, 0.25) is 0 Å². The molecule has 1 saturated heterocycles. The first-order valence-electron chi connectivity index (χ1n) is 30.8. The SMILES string of the molecule is CCN1/C(=C/C=C2\CCCC(/C=C/C3=[N+](CC)c4ccccc4C3(C)C)=C2N2CCN(C(=O)CCC(=O)OCCc3ccc(/N=N/c4ccc(/N=N/c5ccc6c7c(cccc57)NC(C)(C)N6)c5ccccc45)cc3)CC2)C(C)(C)c2ccccc21.[I-]. The summed E-state index contributed by atoms with van der Waals surface area (Å²) in [4.78, 5) is 33.7. The van der Waals surface area contributed by atoms with Crippen LogP contribution < -0.4 is 39.5 Å². The van der Waals surface area contributed by atoms with Crippen LogP contribution in [0.5, 0.6) is 0 Å². The summed E-state index contributed by atoms with van der Waals surface area (Å²) in [5.74, 6) is -0.380. The van der Waals surface area contributed by atoms with Gasteiger partial charge in [0.25, 0.3) is 0 Å². The molecule has 0 unspecified atom stereocenters. The van der Waals surface area contributed by atoms with Gasteiger partial charge in [-0.3, -0.25) is 9.59 Å². The number of amides is 1. The van der Waals surface area contributed by atoms with Crippen LogP contribution in [-0.2, 0) is 31.6 Å². The standard InChI is InChI=1S/C73H79N10O3.HI/c1-9-82-63-27-15-13-24-56(63)71(3,4)65(82)39-31-50-19-17-20-51(32-40-66-72(5,6)57-25-14-16-28-64(57)83(66)10-2)70(50)81-46-44-80(45-47-81)67(84)41-42-68(85)86-48-43-49-29-33-52(34-30-49)76-77-58-35-36-59(54-22-12-11-21-53(54)58)78-79-60-37-38-62-69-55(60)23-18-26-61(69)74-73(7,8)75-62;/h11-16,18,21-40,74-75H,9-10,17,19-20,41-48H2,1-8H3;1H/q+1;/p-1/b77-76+,79-78+;. The molecule has 0 atom stereocenters. The lowest BCUT2D eigenvalue weighted by Crippen LogP contribution is -3.00. The fourth-order valence-corrected chi connectivity index (χ4v) is 13.6. The lowest BCUT2D eigenvalue weighted by Gasteiger charge is -2.40. The van der Waals surface area contributed by atoms with Crippen molar-refractivity contribution in [1.29, 1.82) is 0 Å². The highest BCUT2D eigenvalue weighted by Crippen LogP contribution is 2.49. The van der Waals surface area contributed by atoms with Crippen LogP contribution in [0, 0.1) is 0 Å². The minimum Gasteiger partial charge on any atom is -1.00 e. The normalized spacial score (nSPS) is 18.5. The Morgan fingerprint density at radius 3 is 1.98 bits per heavy atom. The number of fused-ring (bicyclic) bond motifs is 3. The second-order valence-corrected chi connectivity index (χ2v) is 24.8. The molecule has 14 heteroatoms. The monoisotopic (exact) mass is 1270 g/mol. The van der Waals surface area contributed by atoms with E-state index in [1.807, 2.05) is 77.7 Å². The molecular formula is C73H79IN10O3. The lowest BCUT2D eigenvalue weighted by molar-refractivity contribution is -0.433. The number of nitrogens with one attached hydrogen (secondary N) is 2. The van der Waals surface area contributed by atoms with E-state index in [4.69, 9.17) is 15.0 Å². The quantitative estimate of drug-likeness (QED) is 0.0427. The minimum absolute atomic E-state index is 0. The van der Waals surface area contributed by atoms with E-state index in [1.165, 1.54) is 50.8 Å². The fraction of sp³-hybridized carbons (Fsp3) is 0.329. The smallest absolute Gasteiger partial charge is 0.306 e. The Morgan fingerprint density at radius 2 is 1.26 bits per heavy atom. The number of likely N-dealkylation sites (N-methyl/N-ethyl adjacent to an activating group) is 1. The number of piperazine rings is 1. The topological polar surface area (TPSA) is 130 Å². The third-order valence-electron chi connectivity index (χ3n) is 18.0. The van der Waals surface area contributed by atoms with E-state index in [2.05, 4.69) is 182 Å². The van der Waals surface area contributed by atoms with Crippen molar-refractivity contribution in [2.75, 3.05) is 61.4 Å². The van der Waals surface area contributed by atoms with Crippen molar-refractivity contribution in [3.63, 3.8) is 0 Å². The molecule has 0 radical (unpaired) electrons. The first-order valence-corrected chi connectivity index (χ1v) is 30.8. The number of hydrogen-bond donors (Lipinski definition) is 2. The first kappa shape index (κ1) is 60.4. The molecule has 1 aliphatic carbocycles. The third kappa shape index (κ3) is 12.1. The van der Waals surface area contributed by atoms with Crippen molar-refractivity contribution in [3.05, 3.63) is 203 Å². The number of esters is 1. The molecule has 2 N–H and O–H groups in total. The molecule has 0 aromatic heterocycles. The molecule has 446 valence electrons. The fourth-order valence-electron chi connectivity index (χ4n) is 13.6. The zero-order valence-corrected chi connectivity index (χ0v) is 53.6. The Balaban J connectivity index is 0.00000784. The summed E-state index contributed by atoms with van der Waals surface area (Å²) in [5.41, 5.74) is 17.5. The number of rotatable bonds is 16. The molecule has 1 amide bonds. The Morgan fingerprint density at radius 1 is 0.632 bits per heavy atom. The highest BCUT2D eigenvalue weighted by atomic mass is 127. The Bertz CT molecular complexity index is 4010. The van der Waals surface area contributed by atoms with E-state index >= 15 is 0 Å². The maximum atomic E-state index is 13.8. The zero-order valence-electron chi connectivity index (χ0n) is 51.5. The van der Waals surface area contributed by atoms with Gasteiger partial charge in [0.2, 0.25) is 11.6 Å². The van der Waals surface area contributed by atoms with E-state index in [0.717, 1.165) is 87.9 Å². The predicted octanol–water partition coefficient (Wildman–Crippen LogP) is 14.1. The number of allylic oxidation sites excluding steroid dienone is 7. The van der Waals surface area contributed by atoms with Gasteiger partial charge in [0.05, 0.1) is 41.2 Å². The second kappa shape index (κ2) is 25.2. The van der Waals surface area contributed by atoms with Gasteiger partial charge in [-0.05, 0) is 138 Å². The Kier molecular flexibility index (Phi) is 17.5. The maximum Gasteiger partial charge on any atom is 0.306 e. The van der Waals surface area contributed by atoms with E-state index in [-0.39, 0.29) is 71.8 Å². The van der Waals surface area contributed by atoms with Crippen molar-refractivity contribution in [2.24, 2.45) is 20.5 Å². The molecule has 0 saturated carbocycles. The first-order chi connectivity index (χ1) is 41.6. The lowest BCUT2D eigenvalue weighted by atomic mass is 9.81. The zero-order chi connectivity index (χ0) is 59.7. The average molecular weight is 1270 g/mol. The van der Waals surface area contributed by atoms with Gasteiger partial charge in [0.15, 0.2) is 5.71 Å². The number of carbonyl (C=O) groups excluding carboxylic acids is 2. The third-order valence-corrected chi connectivity index (χ3v) is 18.0. The summed E-state index contributed by atoms with van der Waals surface area (Å²) >= 11 is 0. The van der Waals surface area contributed by atoms with Crippen LogP contribution in [0.1, 0.15) is 104 Å². The van der Waals surface area contributed by atoms with E-state index in [0.29, 0.717) is 38.3 Å². The molecule has 4 aliphatic heterocycles. The van der Waals surface area contributed by atoms with Gasteiger partial charge < -0.3 is 54.0 Å². The number of azo groups is 2. The molecule has 12 rings (SSSR count). The second-order valence-electron chi connectivity index (χ2n) is 24.8. The summed E-state index contributed by atoms with van der Waals surface area (Å²) in [7, 11) is 0. The molecule has 13 nitrogen and oxygen atoms in total. The van der Waals surface area contributed by atoms with Crippen molar-refractivity contribution in [1.82, 2.24) is 9.80 Å². The summed E-state index contributed by atoms with van der Waals surface area (Å²) in [6, 6.07) is 47.6. The van der Waals surface area contributed by atoms with Gasteiger partial charge in [-0.2, -0.15) is 9.69 Å². The number of nitrogens with zero attached hydrogens (tertiary/aromatic N) is 8. The van der Waals surface area contributed by atoms with Gasteiger partial charge in [0, 0.05) is 119 Å². The van der Waals surface area contributed by atoms with Gasteiger partial charge in [-0.15, -0.1) is 15.3 Å². The molecule has 87 heavy (non-hydrogen) atoms. The van der Waals surface area contributed by atoms with Crippen LogP contribution in [0.4, 0.5) is 45.5 Å². The van der Waals surface area contributed by atoms with Crippen molar-refractivity contribution in [3.8, 4) is 0 Å².